The molecule has 0 radical (unpaired) electrons. The Morgan fingerprint density at radius 1 is 1.08 bits per heavy atom. The first-order valence-electron chi connectivity index (χ1n) is 8.35. The SMILES string of the molecule is Nc1[nH]c2c(C3=CCCCC3)nccc2c1S(=O)(=O)c1ccccc1. The van der Waals surface area contributed by atoms with Crippen LogP contribution < -0.4 is 5.73 Å². The van der Waals surface area contributed by atoms with Crippen LogP contribution in [-0.2, 0) is 9.84 Å². The molecule has 1 aliphatic rings. The number of anilines is 1. The number of hydrogen-bond donors (Lipinski definition) is 2. The molecule has 2 aromatic heterocycles. The Morgan fingerprint density at radius 2 is 1.88 bits per heavy atom. The monoisotopic (exact) mass is 353 g/mol. The van der Waals surface area contributed by atoms with Crippen LogP contribution in [0.4, 0.5) is 5.82 Å². The van der Waals surface area contributed by atoms with Crippen molar-refractivity contribution in [2.75, 3.05) is 5.73 Å². The van der Waals surface area contributed by atoms with Gasteiger partial charge in [-0.25, -0.2) is 8.42 Å². The third kappa shape index (κ3) is 2.62. The van der Waals surface area contributed by atoms with E-state index in [0.29, 0.717) is 10.9 Å². The van der Waals surface area contributed by atoms with Crippen molar-refractivity contribution in [3.63, 3.8) is 0 Å². The number of sulfone groups is 1. The number of pyridine rings is 1. The fourth-order valence-electron chi connectivity index (χ4n) is 3.42. The van der Waals surface area contributed by atoms with Crippen LogP contribution in [0.25, 0.3) is 16.5 Å². The van der Waals surface area contributed by atoms with Crippen LogP contribution in [0.2, 0.25) is 0 Å². The van der Waals surface area contributed by atoms with E-state index in [0.717, 1.165) is 30.5 Å². The van der Waals surface area contributed by atoms with E-state index in [1.807, 2.05) is 0 Å². The van der Waals surface area contributed by atoms with Gasteiger partial charge in [0.05, 0.1) is 16.1 Å². The van der Waals surface area contributed by atoms with Crippen molar-refractivity contribution in [3.05, 3.63) is 54.4 Å². The highest BCUT2D eigenvalue weighted by atomic mass is 32.2. The predicted molar refractivity (Wildman–Crippen MR) is 98.8 cm³/mol. The van der Waals surface area contributed by atoms with Crippen molar-refractivity contribution in [1.29, 1.82) is 0 Å². The molecule has 6 heteroatoms. The topological polar surface area (TPSA) is 88.8 Å². The first-order valence-corrected chi connectivity index (χ1v) is 9.83. The lowest BCUT2D eigenvalue weighted by molar-refractivity contribution is 0.597. The van der Waals surface area contributed by atoms with Crippen molar-refractivity contribution in [2.24, 2.45) is 0 Å². The zero-order chi connectivity index (χ0) is 17.4. The maximum Gasteiger partial charge on any atom is 0.210 e. The summed E-state index contributed by atoms with van der Waals surface area (Å²) >= 11 is 0. The molecule has 0 aliphatic heterocycles. The number of H-pyrrole nitrogens is 1. The Balaban J connectivity index is 1.95. The molecule has 128 valence electrons. The number of benzene rings is 1. The number of nitrogens with one attached hydrogen (secondary N) is 1. The van der Waals surface area contributed by atoms with Crippen LogP contribution >= 0.6 is 0 Å². The van der Waals surface area contributed by atoms with Gasteiger partial charge in [-0.3, -0.25) is 4.98 Å². The van der Waals surface area contributed by atoms with Crippen molar-refractivity contribution in [1.82, 2.24) is 9.97 Å². The van der Waals surface area contributed by atoms with E-state index in [9.17, 15) is 8.42 Å². The van der Waals surface area contributed by atoms with E-state index in [4.69, 9.17) is 5.73 Å². The number of aromatic amines is 1. The molecular formula is C19H19N3O2S. The largest absolute Gasteiger partial charge is 0.384 e. The molecule has 2 heterocycles. The van der Waals surface area contributed by atoms with Gasteiger partial charge >= 0.3 is 0 Å². The lowest BCUT2D eigenvalue weighted by atomic mass is 9.96. The minimum Gasteiger partial charge on any atom is -0.384 e. The van der Waals surface area contributed by atoms with Crippen LogP contribution in [0.3, 0.4) is 0 Å². The number of rotatable bonds is 3. The summed E-state index contributed by atoms with van der Waals surface area (Å²) in [5.41, 5.74) is 8.75. The Bertz CT molecular complexity index is 1070. The minimum absolute atomic E-state index is 0.133. The van der Waals surface area contributed by atoms with Gasteiger partial charge in [0.1, 0.15) is 10.7 Å². The average molecular weight is 353 g/mol. The molecular weight excluding hydrogens is 334 g/mol. The van der Waals surface area contributed by atoms with Gasteiger partial charge in [0.2, 0.25) is 9.84 Å². The molecule has 5 nitrogen and oxygen atoms in total. The van der Waals surface area contributed by atoms with Gasteiger partial charge in [-0.15, -0.1) is 0 Å². The van der Waals surface area contributed by atoms with Crippen LogP contribution in [0.5, 0.6) is 0 Å². The van der Waals surface area contributed by atoms with E-state index in [-0.39, 0.29) is 15.6 Å². The van der Waals surface area contributed by atoms with Gasteiger partial charge < -0.3 is 10.7 Å². The first-order chi connectivity index (χ1) is 12.1. The third-order valence-corrected chi connectivity index (χ3v) is 6.49. The maximum absolute atomic E-state index is 13.1. The second-order valence-electron chi connectivity index (χ2n) is 6.24. The summed E-state index contributed by atoms with van der Waals surface area (Å²) < 4.78 is 26.2. The number of allylic oxidation sites excluding steroid dienone is 2. The molecule has 0 amide bonds. The number of nitrogens with zero attached hydrogens (tertiary/aromatic N) is 1. The molecule has 0 spiro atoms. The number of nitrogen functional groups attached to an aromatic ring is 1. The summed E-state index contributed by atoms with van der Waals surface area (Å²) in [6.45, 7) is 0. The summed E-state index contributed by atoms with van der Waals surface area (Å²) in [6, 6.07) is 10.1. The van der Waals surface area contributed by atoms with Crippen LogP contribution in [0.1, 0.15) is 31.4 Å². The normalized spacial score (nSPS) is 15.3. The molecule has 0 unspecified atom stereocenters. The Morgan fingerprint density at radius 3 is 2.60 bits per heavy atom. The number of fused-ring (bicyclic) bond motifs is 1. The molecule has 0 bridgehead atoms. The van der Waals surface area contributed by atoms with Gasteiger partial charge in [-0.1, -0.05) is 24.3 Å². The Labute approximate surface area is 146 Å². The van der Waals surface area contributed by atoms with E-state index < -0.39 is 9.84 Å². The number of nitrogens with two attached hydrogens (primary N) is 1. The smallest absolute Gasteiger partial charge is 0.210 e. The van der Waals surface area contributed by atoms with Crippen molar-refractivity contribution in [3.8, 4) is 0 Å². The summed E-state index contributed by atoms with van der Waals surface area (Å²) in [7, 11) is -3.70. The fourth-order valence-corrected chi connectivity index (χ4v) is 4.97. The highest BCUT2D eigenvalue weighted by molar-refractivity contribution is 7.92. The Kier molecular flexibility index (Phi) is 3.84. The van der Waals surface area contributed by atoms with Crippen LogP contribution in [-0.4, -0.2) is 18.4 Å². The van der Waals surface area contributed by atoms with Crippen LogP contribution in [0.15, 0.2) is 58.5 Å². The van der Waals surface area contributed by atoms with Gasteiger partial charge in [0.15, 0.2) is 0 Å². The van der Waals surface area contributed by atoms with Gasteiger partial charge in [-0.2, -0.15) is 0 Å². The van der Waals surface area contributed by atoms with E-state index in [1.54, 1.807) is 42.6 Å². The summed E-state index contributed by atoms with van der Waals surface area (Å²) in [6.07, 6.45) is 8.12. The zero-order valence-corrected chi connectivity index (χ0v) is 14.5. The molecule has 1 aromatic carbocycles. The van der Waals surface area contributed by atoms with Crippen LogP contribution in [0, 0.1) is 0 Å². The van der Waals surface area contributed by atoms with Gasteiger partial charge in [0, 0.05) is 11.6 Å². The third-order valence-electron chi connectivity index (χ3n) is 4.62. The maximum atomic E-state index is 13.1. The molecule has 0 saturated heterocycles. The summed E-state index contributed by atoms with van der Waals surface area (Å²) in [4.78, 5) is 7.92. The fraction of sp³-hybridized carbons (Fsp3) is 0.211. The lowest BCUT2D eigenvalue weighted by Gasteiger charge is -2.12. The van der Waals surface area contributed by atoms with Gasteiger partial charge in [0.25, 0.3) is 0 Å². The Hall–Kier alpha value is -2.60. The molecule has 4 rings (SSSR count). The summed E-state index contributed by atoms with van der Waals surface area (Å²) in [5, 5.41) is 0.595. The minimum atomic E-state index is -3.70. The van der Waals surface area contributed by atoms with E-state index in [2.05, 4.69) is 16.0 Å². The molecule has 3 aromatic rings. The number of aromatic nitrogens is 2. The highest BCUT2D eigenvalue weighted by Crippen LogP contribution is 2.37. The molecule has 25 heavy (non-hydrogen) atoms. The molecule has 3 N–H and O–H groups in total. The number of hydrogen-bond acceptors (Lipinski definition) is 4. The molecule has 0 saturated carbocycles. The van der Waals surface area contributed by atoms with E-state index >= 15 is 0 Å². The van der Waals surface area contributed by atoms with Gasteiger partial charge in [-0.05, 0) is 49.5 Å². The second-order valence-corrected chi connectivity index (χ2v) is 8.13. The average Bonchev–Trinajstić information content (AvgIpc) is 2.99. The van der Waals surface area contributed by atoms with Crippen molar-refractivity contribution >= 4 is 32.1 Å². The zero-order valence-electron chi connectivity index (χ0n) is 13.7. The lowest BCUT2D eigenvalue weighted by Crippen LogP contribution is -2.04. The van der Waals surface area contributed by atoms with Crippen molar-refractivity contribution in [2.45, 2.75) is 35.5 Å². The predicted octanol–water partition coefficient (Wildman–Crippen LogP) is 3.94. The first kappa shape index (κ1) is 15.9. The highest BCUT2D eigenvalue weighted by Gasteiger charge is 2.27. The van der Waals surface area contributed by atoms with E-state index in [1.165, 1.54) is 6.42 Å². The quantitative estimate of drug-likeness (QED) is 0.746. The summed E-state index contributed by atoms with van der Waals surface area (Å²) in [5.74, 6) is 0.157. The molecule has 0 atom stereocenters. The second kappa shape index (κ2) is 6.04. The molecule has 0 fully saturated rings. The standard InChI is InChI=1S/C19H19N3O2S/c20-19-18(25(23,24)14-9-5-2-6-10-14)15-11-12-21-16(17(15)22-19)13-7-3-1-4-8-13/h2,5-7,9-12,22H,1,3-4,8,20H2. The van der Waals surface area contributed by atoms with Crippen molar-refractivity contribution < 1.29 is 8.42 Å². The molecule has 1 aliphatic carbocycles.